The van der Waals surface area contributed by atoms with E-state index in [1.807, 2.05) is 0 Å². The molecule has 6 nitrogen and oxygen atoms in total. The number of hydrogen-bond acceptors (Lipinski definition) is 7. The molecule has 2 aromatic rings. The predicted octanol–water partition coefficient (Wildman–Crippen LogP) is 3.98. The zero-order valence-corrected chi connectivity index (χ0v) is 17.3. The van der Waals surface area contributed by atoms with Gasteiger partial charge < -0.3 is 20.3 Å². The molecule has 1 aromatic carbocycles. The summed E-state index contributed by atoms with van der Waals surface area (Å²) in [6, 6.07) is 3.77. The van der Waals surface area contributed by atoms with Gasteiger partial charge in [0.15, 0.2) is 0 Å². The SMILES string of the molecule is CCCCOCCCOc1ccc(-c2nnc([C@@](C)(N)CO)s2)cc1C(F)(F)F. The van der Waals surface area contributed by atoms with Crippen LogP contribution < -0.4 is 10.5 Å². The summed E-state index contributed by atoms with van der Waals surface area (Å²) in [6.45, 7) is 4.47. The summed E-state index contributed by atoms with van der Waals surface area (Å²) < 4.78 is 51.3. The van der Waals surface area contributed by atoms with Crippen molar-refractivity contribution in [1.82, 2.24) is 10.2 Å². The van der Waals surface area contributed by atoms with E-state index < -0.39 is 17.3 Å². The molecule has 10 heteroatoms. The number of aliphatic hydroxyl groups excluding tert-OH is 1. The van der Waals surface area contributed by atoms with Crippen molar-refractivity contribution >= 4 is 11.3 Å². The van der Waals surface area contributed by atoms with Crippen LogP contribution in [0.5, 0.6) is 5.75 Å². The quantitative estimate of drug-likeness (QED) is 0.521. The van der Waals surface area contributed by atoms with Gasteiger partial charge in [0.05, 0.1) is 24.3 Å². The molecule has 0 aliphatic heterocycles. The van der Waals surface area contributed by atoms with Crippen molar-refractivity contribution in [3.8, 4) is 16.3 Å². The van der Waals surface area contributed by atoms with Crippen LogP contribution in [0, 0.1) is 0 Å². The molecule has 0 saturated heterocycles. The van der Waals surface area contributed by atoms with E-state index in [4.69, 9.17) is 15.2 Å². The molecule has 0 spiro atoms. The van der Waals surface area contributed by atoms with Crippen LogP contribution in [0.2, 0.25) is 0 Å². The molecule has 0 saturated carbocycles. The fourth-order valence-electron chi connectivity index (χ4n) is 2.34. The van der Waals surface area contributed by atoms with Crippen LogP contribution in [-0.4, -0.2) is 41.7 Å². The molecular formula is C19H26F3N3O3S. The van der Waals surface area contributed by atoms with E-state index in [-0.39, 0.29) is 29.5 Å². The average Bonchev–Trinajstić information content (AvgIpc) is 3.18. The zero-order chi connectivity index (χ0) is 21.5. The van der Waals surface area contributed by atoms with Crippen LogP contribution in [0.4, 0.5) is 13.2 Å². The van der Waals surface area contributed by atoms with Crippen molar-refractivity contribution in [2.75, 3.05) is 26.4 Å². The van der Waals surface area contributed by atoms with Crippen LogP contribution in [0.15, 0.2) is 18.2 Å². The molecule has 1 aromatic heterocycles. The summed E-state index contributed by atoms with van der Waals surface area (Å²) in [5, 5.41) is 17.8. The van der Waals surface area contributed by atoms with Gasteiger partial charge in [-0.25, -0.2) is 0 Å². The normalized spacial score (nSPS) is 14.0. The lowest BCUT2D eigenvalue weighted by Crippen LogP contribution is -2.36. The Morgan fingerprint density at radius 1 is 1.14 bits per heavy atom. The second-order valence-corrected chi connectivity index (χ2v) is 7.84. The van der Waals surface area contributed by atoms with Gasteiger partial charge in [-0.05, 0) is 31.5 Å². The number of unbranched alkanes of at least 4 members (excludes halogenated alkanes) is 1. The largest absolute Gasteiger partial charge is 0.493 e. The monoisotopic (exact) mass is 433 g/mol. The predicted molar refractivity (Wildman–Crippen MR) is 105 cm³/mol. The summed E-state index contributed by atoms with van der Waals surface area (Å²) in [4.78, 5) is 0. The third kappa shape index (κ3) is 6.63. The van der Waals surface area contributed by atoms with Gasteiger partial charge in [0.2, 0.25) is 0 Å². The van der Waals surface area contributed by atoms with Crippen molar-refractivity contribution < 1.29 is 27.8 Å². The van der Waals surface area contributed by atoms with Crippen LogP contribution in [0.25, 0.3) is 10.6 Å². The summed E-state index contributed by atoms with van der Waals surface area (Å²) in [6.07, 6.45) is -2.10. The number of nitrogens with two attached hydrogens (primary N) is 1. The highest BCUT2D eigenvalue weighted by Gasteiger charge is 2.35. The number of aliphatic hydroxyl groups is 1. The molecule has 0 amide bonds. The molecule has 1 atom stereocenters. The number of hydrogen-bond donors (Lipinski definition) is 2. The number of halogens is 3. The topological polar surface area (TPSA) is 90.5 Å². The van der Waals surface area contributed by atoms with Crippen molar-refractivity contribution in [3.05, 3.63) is 28.8 Å². The standard InChI is InChI=1S/C19H26F3N3O3S/c1-3-4-8-27-9-5-10-28-15-7-6-13(11-14(15)19(20,21)22)16-24-25-17(29-16)18(2,23)12-26/h6-7,11,26H,3-5,8-10,12,23H2,1-2H3/t18-/m0/s1. The van der Waals surface area contributed by atoms with E-state index in [1.165, 1.54) is 12.1 Å². The molecular weight excluding hydrogens is 407 g/mol. The van der Waals surface area contributed by atoms with E-state index in [0.717, 1.165) is 30.2 Å². The molecule has 0 aliphatic carbocycles. The van der Waals surface area contributed by atoms with Crippen LogP contribution in [-0.2, 0) is 16.5 Å². The number of benzene rings is 1. The minimum absolute atomic E-state index is 0.125. The Hall–Kier alpha value is -1.75. The molecule has 29 heavy (non-hydrogen) atoms. The first-order valence-corrected chi connectivity index (χ1v) is 10.2. The maximum absolute atomic E-state index is 13.5. The number of alkyl halides is 3. The second kappa shape index (κ2) is 10.3. The van der Waals surface area contributed by atoms with Crippen molar-refractivity contribution in [2.45, 2.75) is 44.8 Å². The molecule has 0 aliphatic rings. The van der Waals surface area contributed by atoms with Crippen LogP contribution >= 0.6 is 11.3 Å². The number of ether oxygens (including phenoxy) is 2. The minimum Gasteiger partial charge on any atom is -0.493 e. The van der Waals surface area contributed by atoms with Gasteiger partial charge in [0, 0.05) is 25.2 Å². The second-order valence-electron chi connectivity index (χ2n) is 6.86. The van der Waals surface area contributed by atoms with Crippen LogP contribution in [0.3, 0.4) is 0 Å². The Kier molecular flexibility index (Phi) is 8.38. The fourth-order valence-corrected chi connectivity index (χ4v) is 3.23. The first-order valence-electron chi connectivity index (χ1n) is 9.35. The van der Waals surface area contributed by atoms with Gasteiger partial charge in [0.1, 0.15) is 15.8 Å². The molecule has 0 fully saturated rings. The van der Waals surface area contributed by atoms with Gasteiger partial charge in [-0.2, -0.15) is 13.2 Å². The number of nitrogens with zero attached hydrogens (tertiary/aromatic N) is 2. The first kappa shape index (κ1) is 23.5. The highest BCUT2D eigenvalue weighted by Crippen LogP contribution is 2.39. The summed E-state index contributed by atoms with van der Waals surface area (Å²) in [7, 11) is 0. The average molecular weight is 433 g/mol. The van der Waals surface area contributed by atoms with Gasteiger partial charge >= 0.3 is 6.18 Å². The Labute approximate surface area is 171 Å². The zero-order valence-electron chi connectivity index (χ0n) is 16.5. The van der Waals surface area contributed by atoms with Gasteiger partial charge in [0.25, 0.3) is 0 Å². The minimum atomic E-state index is -4.58. The van der Waals surface area contributed by atoms with Crippen molar-refractivity contribution in [2.24, 2.45) is 5.73 Å². The Balaban J connectivity index is 2.12. The fraction of sp³-hybridized carbons (Fsp3) is 0.579. The van der Waals surface area contributed by atoms with E-state index in [0.29, 0.717) is 24.6 Å². The lowest BCUT2D eigenvalue weighted by Gasteiger charge is -2.17. The Morgan fingerprint density at radius 2 is 1.86 bits per heavy atom. The maximum atomic E-state index is 13.5. The number of aromatic nitrogens is 2. The molecule has 3 N–H and O–H groups in total. The maximum Gasteiger partial charge on any atom is 0.419 e. The molecule has 0 unspecified atom stereocenters. The highest BCUT2D eigenvalue weighted by molar-refractivity contribution is 7.14. The highest BCUT2D eigenvalue weighted by atomic mass is 32.1. The van der Waals surface area contributed by atoms with Crippen molar-refractivity contribution in [3.63, 3.8) is 0 Å². The Bertz CT molecular complexity index is 782. The Morgan fingerprint density at radius 3 is 2.52 bits per heavy atom. The van der Waals surface area contributed by atoms with E-state index in [1.54, 1.807) is 6.92 Å². The van der Waals surface area contributed by atoms with Crippen molar-refractivity contribution in [1.29, 1.82) is 0 Å². The first-order chi connectivity index (χ1) is 13.7. The third-order valence-electron chi connectivity index (χ3n) is 4.11. The molecule has 2 rings (SSSR count). The number of rotatable bonds is 11. The van der Waals surface area contributed by atoms with Gasteiger partial charge in [-0.1, -0.05) is 24.7 Å². The summed E-state index contributed by atoms with van der Waals surface area (Å²) in [5.74, 6) is -0.237. The van der Waals surface area contributed by atoms with Crippen LogP contribution in [0.1, 0.15) is 43.7 Å². The summed E-state index contributed by atoms with van der Waals surface area (Å²) in [5.41, 5.74) is 4.18. The lowest BCUT2D eigenvalue weighted by atomic mass is 10.1. The van der Waals surface area contributed by atoms with Gasteiger partial charge in [-0.15, -0.1) is 10.2 Å². The van der Waals surface area contributed by atoms with E-state index >= 15 is 0 Å². The third-order valence-corrected chi connectivity index (χ3v) is 5.36. The van der Waals surface area contributed by atoms with E-state index in [2.05, 4.69) is 17.1 Å². The molecule has 0 radical (unpaired) electrons. The summed E-state index contributed by atoms with van der Waals surface area (Å²) >= 11 is 1.04. The lowest BCUT2D eigenvalue weighted by molar-refractivity contribution is -0.138. The molecule has 162 valence electrons. The van der Waals surface area contributed by atoms with E-state index in [9.17, 15) is 18.3 Å². The smallest absolute Gasteiger partial charge is 0.419 e. The molecule has 0 bridgehead atoms. The van der Waals surface area contributed by atoms with Gasteiger partial charge in [-0.3, -0.25) is 0 Å². The molecule has 1 heterocycles.